The molecule has 0 radical (unpaired) electrons. The fourth-order valence-electron chi connectivity index (χ4n) is 9.94. The van der Waals surface area contributed by atoms with Crippen molar-refractivity contribution < 1.29 is 4.42 Å². The van der Waals surface area contributed by atoms with Crippen LogP contribution in [0.3, 0.4) is 0 Å². The van der Waals surface area contributed by atoms with Gasteiger partial charge in [-0.1, -0.05) is 146 Å². The van der Waals surface area contributed by atoms with E-state index in [0.29, 0.717) is 0 Å². The van der Waals surface area contributed by atoms with Crippen LogP contribution in [0.5, 0.6) is 0 Å². The van der Waals surface area contributed by atoms with Crippen molar-refractivity contribution in [2.45, 2.75) is 12.3 Å². The lowest BCUT2D eigenvalue weighted by molar-refractivity contribution is 0.409. The summed E-state index contributed by atoms with van der Waals surface area (Å²) in [5.74, 6) is 0.856. The number of hydrogen-bond donors (Lipinski definition) is 2. The number of fused-ring (bicyclic) bond motifs is 11. The molecule has 4 heterocycles. The Morgan fingerprint density at radius 1 is 0.429 bits per heavy atom. The lowest BCUT2D eigenvalue weighted by Crippen LogP contribution is -2.44. The van der Waals surface area contributed by atoms with E-state index in [4.69, 9.17) is 9.41 Å². The molecule has 2 atom stereocenters. The second-order valence-corrected chi connectivity index (χ2v) is 16.4. The van der Waals surface area contributed by atoms with Gasteiger partial charge in [0, 0.05) is 43.9 Å². The summed E-state index contributed by atoms with van der Waals surface area (Å²) in [5.41, 5.74) is 14.2. The number of amidine groups is 1. The lowest BCUT2D eigenvalue weighted by Gasteiger charge is -2.32. The van der Waals surface area contributed by atoms with E-state index in [2.05, 4.69) is 220 Å². The molecule has 2 N–H and O–H groups in total. The zero-order valence-corrected chi connectivity index (χ0v) is 34.1. The minimum atomic E-state index is -0.202. The van der Waals surface area contributed by atoms with E-state index < -0.39 is 0 Å². The SMILES string of the molecule is c1ccc(C2N=C(c3cccc(-c4cccc(-n5c6ccccc6c6c5ccc5c7c8oc9ccccc9c8ccc7n(-c7ccccc7)c56)c4)c3)NC(c3ccccc3)N2)cc1. The zero-order valence-electron chi connectivity index (χ0n) is 34.1. The number of hydrogen-bond acceptors (Lipinski definition) is 4. The Balaban J connectivity index is 0.984. The van der Waals surface area contributed by atoms with Gasteiger partial charge in [0.05, 0.1) is 27.5 Å². The van der Waals surface area contributed by atoms with Gasteiger partial charge in [0.25, 0.3) is 0 Å². The van der Waals surface area contributed by atoms with E-state index in [0.717, 1.165) is 94.3 Å². The second-order valence-electron chi connectivity index (χ2n) is 16.4. The molecule has 0 aliphatic carbocycles. The molecule has 0 saturated heterocycles. The van der Waals surface area contributed by atoms with Crippen molar-refractivity contribution in [1.29, 1.82) is 0 Å². The van der Waals surface area contributed by atoms with E-state index in [1.54, 1.807) is 0 Å². The third-order valence-electron chi connectivity index (χ3n) is 12.8. The Kier molecular flexibility index (Phi) is 8.01. The smallest absolute Gasteiger partial charge is 0.145 e. The molecular weight excluding hydrogens is 771 g/mol. The van der Waals surface area contributed by atoms with Gasteiger partial charge in [0.2, 0.25) is 0 Å². The molecule has 12 aromatic rings. The number of aromatic nitrogens is 2. The molecule has 1 aliphatic heterocycles. The van der Waals surface area contributed by atoms with Gasteiger partial charge in [-0.15, -0.1) is 0 Å². The van der Waals surface area contributed by atoms with E-state index >= 15 is 0 Å². The molecule has 13 rings (SSSR count). The Morgan fingerprint density at radius 2 is 1.05 bits per heavy atom. The molecule has 1 aliphatic rings. The molecule has 0 amide bonds. The molecule has 2 unspecified atom stereocenters. The molecule has 6 nitrogen and oxygen atoms in total. The molecular formula is C57H39N5O. The number of furan rings is 1. The molecule has 6 heteroatoms. The largest absolute Gasteiger partial charge is 0.455 e. The van der Waals surface area contributed by atoms with Gasteiger partial charge in [-0.3, -0.25) is 5.32 Å². The molecule has 0 spiro atoms. The summed E-state index contributed by atoms with van der Waals surface area (Å²) < 4.78 is 11.6. The van der Waals surface area contributed by atoms with Crippen LogP contribution < -0.4 is 10.6 Å². The van der Waals surface area contributed by atoms with Crippen LogP contribution in [-0.2, 0) is 0 Å². The second kappa shape index (κ2) is 14.2. The number of rotatable bonds is 6. The molecule has 3 aromatic heterocycles. The standard InChI is InChI=1S/C57H39N5O/c1-4-16-36(17-5-1)55-58-56(37-18-6-2-7-19-37)60-57(59-55)40-22-14-20-38(34-40)39-21-15-25-42(35-39)61-47-28-12-10-27-45(47)51-48(61)33-31-46-52-49(62(53(46)51)41-23-8-3-9-24-41)32-30-44-43-26-11-13-29-50(43)63-54(44)52/h1-35,55-56,58H,(H,59,60). The summed E-state index contributed by atoms with van der Waals surface area (Å²) in [7, 11) is 0. The summed E-state index contributed by atoms with van der Waals surface area (Å²) in [6, 6.07) is 75.6. The molecule has 63 heavy (non-hydrogen) atoms. The number of benzene rings is 9. The average molecular weight is 810 g/mol. The summed E-state index contributed by atoms with van der Waals surface area (Å²) in [5, 5.41) is 14.4. The topological polar surface area (TPSA) is 59.4 Å². The summed E-state index contributed by atoms with van der Waals surface area (Å²) in [6.07, 6.45) is -0.310. The summed E-state index contributed by atoms with van der Waals surface area (Å²) in [6.45, 7) is 0. The quantitative estimate of drug-likeness (QED) is 0.176. The van der Waals surface area contributed by atoms with Crippen molar-refractivity contribution in [3.8, 4) is 22.5 Å². The normalized spacial score (nSPS) is 15.5. The van der Waals surface area contributed by atoms with Crippen molar-refractivity contribution in [2.24, 2.45) is 4.99 Å². The summed E-state index contributed by atoms with van der Waals surface area (Å²) in [4.78, 5) is 5.24. The van der Waals surface area contributed by atoms with Crippen molar-refractivity contribution in [3.05, 3.63) is 229 Å². The first-order chi connectivity index (χ1) is 31.2. The molecule has 9 aromatic carbocycles. The van der Waals surface area contributed by atoms with Gasteiger partial charge in [0.15, 0.2) is 0 Å². The average Bonchev–Trinajstić information content (AvgIpc) is 4.02. The fourth-order valence-corrected chi connectivity index (χ4v) is 9.94. The predicted octanol–water partition coefficient (Wildman–Crippen LogP) is 13.8. The van der Waals surface area contributed by atoms with Crippen LogP contribution in [-0.4, -0.2) is 15.0 Å². The highest BCUT2D eigenvalue weighted by molar-refractivity contribution is 6.31. The molecule has 0 bridgehead atoms. The van der Waals surface area contributed by atoms with Gasteiger partial charge in [-0.05, 0) is 89.0 Å². The number of para-hydroxylation sites is 3. The van der Waals surface area contributed by atoms with Crippen LogP contribution in [0.4, 0.5) is 0 Å². The third kappa shape index (κ3) is 5.66. The molecule has 0 saturated carbocycles. The van der Waals surface area contributed by atoms with Crippen LogP contribution >= 0.6 is 0 Å². The van der Waals surface area contributed by atoms with Crippen LogP contribution in [0, 0.1) is 0 Å². The number of nitrogens with one attached hydrogen (secondary N) is 2. The highest BCUT2D eigenvalue weighted by Gasteiger charge is 2.26. The van der Waals surface area contributed by atoms with E-state index in [9.17, 15) is 0 Å². The Morgan fingerprint density at radius 3 is 1.86 bits per heavy atom. The Bertz CT molecular complexity index is 3750. The number of nitrogens with zero attached hydrogens (tertiary/aromatic N) is 3. The van der Waals surface area contributed by atoms with Gasteiger partial charge in [-0.25, -0.2) is 4.99 Å². The van der Waals surface area contributed by atoms with E-state index in [1.807, 2.05) is 12.1 Å². The highest BCUT2D eigenvalue weighted by atomic mass is 16.3. The van der Waals surface area contributed by atoms with Crippen LogP contribution in [0.15, 0.2) is 222 Å². The maximum Gasteiger partial charge on any atom is 0.145 e. The van der Waals surface area contributed by atoms with Crippen LogP contribution in [0.2, 0.25) is 0 Å². The van der Waals surface area contributed by atoms with Crippen molar-refractivity contribution in [2.75, 3.05) is 0 Å². The van der Waals surface area contributed by atoms with E-state index in [1.165, 1.54) is 16.3 Å². The minimum Gasteiger partial charge on any atom is -0.455 e. The van der Waals surface area contributed by atoms with Crippen molar-refractivity contribution >= 4 is 71.4 Å². The Labute approximate surface area is 363 Å². The molecule has 298 valence electrons. The minimum absolute atomic E-state index is 0.108. The monoisotopic (exact) mass is 809 g/mol. The van der Waals surface area contributed by atoms with Gasteiger partial charge < -0.3 is 18.9 Å². The maximum absolute atomic E-state index is 6.72. The predicted molar refractivity (Wildman–Crippen MR) is 259 cm³/mol. The van der Waals surface area contributed by atoms with Gasteiger partial charge in [-0.2, -0.15) is 0 Å². The highest BCUT2D eigenvalue weighted by Crippen LogP contribution is 2.45. The third-order valence-corrected chi connectivity index (χ3v) is 12.8. The van der Waals surface area contributed by atoms with Crippen LogP contribution in [0.1, 0.15) is 29.0 Å². The number of aliphatic imine (C=N–C) groups is 1. The van der Waals surface area contributed by atoms with Gasteiger partial charge in [0.1, 0.15) is 29.3 Å². The fraction of sp³-hybridized carbons (Fsp3) is 0.0351. The van der Waals surface area contributed by atoms with Crippen molar-refractivity contribution in [3.63, 3.8) is 0 Å². The van der Waals surface area contributed by atoms with Crippen LogP contribution in [0.25, 0.3) is 88.1 Å². The first-order valence-corrected chi connectivity index (χ1v) is 21.5. The summed E-state index contributed by atoms with van der Waals surface area (Å²) >= 11 is 0. The zero-order chi connectivity index (χ0) is 41.4. The van der Waals surface area contributed by atoms with Crippen molar-refractivity contribution in [1.82, 2.24) is 19.8 Å². The van der Waals surface area contributed by atoms with E-state index in [-0.39, 0.29) is 12.3 Å². The maximum atomic E-state index is 6.72. The lowest BCUT2D eigenvalue weighted by atomic mass is 10.0. The molecule has 0 fully saturated rings. The first-order valence-electron chi connectivity index (χ1n) is 21.5. The van der Waals surface area contributed by atoms with Gasteiger partial charge >= 0.3 is 0 Å². The Hall–Kier alpha value is -8.19. The first kappa shape index (κ1) is 35.6.